The number of aromatic hydroxyl groups is 1. The van der Waals surface area contributed by atoms with Gasteiger partial charge in [-0.1, -0.05) is 72.0 Å². The molecule has 4 aromatic rings. The molecule has 6 heteroatoms. The Labute approximate surface area is 166 Å². The summed E-state index contributed by atoms with van der Waals surface area (Å²) in [4.78, 5) is 9.04. The van der Waals surface area contributed by atoms with Gasteiger partial charge >= 0.3 is 0 Å². The van der Waals surface area contributed by atoms with Gasteiger partial charge in [0.05, 0.1) is 5.69 Å². The van der Waals surface area contributed by atoms with Crippen LogP contribution in [0.5, 0.6) is 5.75 Å². The summed E-state index contributed by atoms with van der Waals surface area (Å²) in [6.45, 7) is 0. The maximum atomic E-state index is 9.89. The molecule has 1 N–H and O–H groups in total. The number of hydrogen-bond acceptors (Lipinski definition) is 6. The van der Waals surface area contributed by atoms with Gasteiger partial charge in [-0.2, -0.15) is 0 Å². The van der Waals surface area contributed by atoms with Crippen LogP contribution in [0.1, 0.15) is 5.56 Å². The van der Waals surface area contributed by atoms with Gasteiger partial charge in [0.1, 0.15) is 11.4 Å². The van der Waals surface area contributed by atoms with Crippen LogP contribution in [0.15, 0.2) is 100 Å². The fourth-order valence-corrected chi connectivity index (χ4v) is 3.28. The molecule has 0 aliphatic carbocycles. The second kappa shape index (κ2) is 8.37. The van der Waals surface area contributed by atoms with Crippen LogP contribution in [0.25, 0.3) is 11.3 Å². The van der Waals surface area contributed by atoms with Crippen molar-refractivity contribution in [3.63, 3.8) is 0 Å². The molecule has 1 heterocycles. The lowest BCUT2D eigenvalue weighted by Crippen LogP contribution is -1.81. The summed E-state index contributed by atoms with van der Waals surface area (Å²) in [5.74, 6) is 0.176. The molecule has 0 unspecified atom stereocenters. The largest absolute Gasteiger partial charge is 0.507 e. The van der Waals surface area contributed by atoms with Crippen molar-refractivity contribution in [2.45, 2.75) is 0 Å². The molecule has 0 amide bonds. The van der Waals surface area contributed by atoms with Gasteiger partial charge in [-0.05, 0) is 24.3 Å². The number of para-hydroxylation sites is 1. The van der Waals surface area contributed by atoms with E-state index in [4.69, 9.17) is 0 Å². The van der Waals surface area contributed by atoms with E-state index in [1.54, 1.807) is 24.4 Å². The van der Waals surface area contributed by atoms with Gasteiger partial charge in [0.25, 0.3) is 0 Å². The number of phenols is 1. The summed E-state index contributed by atoms with van der Waals surface area (Å²) >= 11 is 1.35. The summed E-state index contributed by atoms with van der Waals surface area (Å²) < 4.78 is 0. The molecular formula is C22H16N4OS. The van der Waals surface area contributed by atoms with Crippen LogP contribution in [0.4, 0.5) is 15.8 Å². The van der Waals surface area contributed by atoms with Gasteiger partial charge in [0.15, 0.2) is 5.00 Å². The van der Waals surface area contributed by atoms with E-state index in [-0.39, 0.29) is 5.75 Å². The minimum Gasteiger partial charge on any atom is -0.507 e. The Kier molecular flexibility index (Phi) is 5.31. The zero-order valence-corrected chi connectivity index (χ0v) is 15.6. The number of nitrogens with zero attached hydrogens (tertiary/aromatic N) is 4. The highest BCUT2D eigenvalue weighted by Gasteiger charge is 2.12. The van der Waals surface area contributed by atoms with Crippen molar-refractivity contribution < 1.29 is 5.11 Å². The van der Waals surface area contributed by atoms with Crippen LogP contribution in [0, 0.1) is 0 Å². The molecule has 5 nitrogen and oxygen atoms in total. The van der Waals surface area contributed by atoms with Gasteiger partial charge in [0.2, 0.25) is 5.13 Å². The van der Waals surface area contributed by atoms with Crippen LogP contribution in [-0.2, 0) is 0 Å². The zero-order valence-electron chi connectivity index (χ0n) is 14.8. The zero-order chi connectivity index (χ0) is 19.2. The quantitative estimate of drug-likeness (QED) is 0.308. The minimum absolute atomic E-state index is 0.176. The second-order valence-electron chi connectivity index (χ2n) is 5.87. The molecule has 0 spiro atoms. The second-order valence-corrected chi connectivity index (χ2v) is 6.82. The van der Waals surface area contributed by atoms with Gasteiger partial charge in [-0.15, -0.1) is 10.2 Å². The van der Waals surface area contributed by atoms with Crippen molar-refractivity contribution in [2.75, 3.05) is 0 Å². The molecule has 0 bridgehead atoms. The number of aliphatic imine (C=N–C) groups is 1. The number of aromatic nitrogens is 1. The Morgan fingerprint density at radius 2 is 1.46 bits per heavy atom. The monoisotopic (exact) mass is 384 g/mol. The first-order valence-corrected chi connectivity index (χ1v) is 9.46. The van der Waals surface area contributed by atoms with Gasteiger partial charge in [0, 0.05) is 17.3 Å². The first-order valence-electron chi connectivity index (χ1n) is 8.65. The Hall–Kier alpha value is -3.64. The number of thiazole rings is 1. The van der Waals surface area contributed by atoms with E-state index in [0.29, 0.717) is 15.7 Å². The van der Waals surface area contributed by atoms with Crippen LogP contribution in [0.2, 0.25) is 0 Å². The van der Waals surface area contributed by atoms with E-state index in [0.717, 1.165) is 16.9 Å². The Bertz CT molecular complexity index is 1120. The molecule has 1 aromatic heterocycles. The van der Waals surface area contributed by atoms with Crippen molar-refractivity contribution in [1.29, 1.82) is 0 Å². The van der Waals surface area contributed by atoms with Gasteiger partial charge in [-0.25, -0.2) is 9.98 Å². The molecule has 0 aliphatic heterocycles. The summed E-state index contributed by atoms with van der Waals surface area (Å²) in [5, 5.41) is 19.8. The van der Waals surface area contributed by atoms with E-state index >= 15 is 0 Å². The summed E-state index contributed by atoms with van der Waals surface area (Å²) in [6, 6.07) is 26.4. The molecule has 3 aromatic carbocycles. The topological polar surface area (TPSA) is 70.2 Å². The average Bonchev–Trinajstić information content (AvgIpc) is 3.16. The van der Waals surface area contributed by atoms with Gasteiger partial charge < -0.3 is 5.11 Å². The first-order chi connectivity index (χ1) is 13.8. The molecule has 0 saturated heterocycles. The number of azo groups is 1. The SMILES string of the molecule is Oc1ccccc1C=Nc1nc(-c2ccccc2)c(N=Nc2ccccc2)s1. The fourth-order valence-electron chi connectivity index (χ4n) is 2.53. The summed E-state index contributed by atoms with van der Waals surface area (Å²) in [5.41, 5.74) is 3.08. The standard InChI is InChI=1S/C22H16N4OS/c27-19-14-8-7-11-17(19)15-23-22-24-20(16-9-3-1-4-10-16)21(28-22)26-25-18-12-5-2-6-13-18/h1-15,27H. The molecule has 28 heavy (non-hydrogen) atoms. The maximum Gasteiger partial charge on any atom is 0.211 e. The highest BCUT2D eigenvalue weighted by atomic mass is 32.1. The molecule has 4 rings (SSSR count). The van der Waals surface area contributed by atoms with Crippen molar-refractivity contribution in [3.05, 3.63) is 90.5 Å². The highest BCUT2D eigenvalue weighted by molar-refractivity contribution is 7.19. The predicted octanol–water partition coefficient (Wildman–Crippen LogP) is 6.68. The third-order valence-electron chi connectivity index (χ3n) is 3.91. The van der Waals surface area contributed by atoms with Crippen molar-refractivity contribution in [2.24, 2.45) is 15.2 Å². The number of rotatable bonds is 5. The Balaban J connectivity index is 1.70. The fraction of sp³-hybridized carbons (Fsp3) is 0. The third-order valence-corrected chi connectivity index (χ3v) is 4.76. The maximum absolute atomic E-state index is 9.89. The van der Waals surface area contributed by atoms with Gasteiger partial charge in [-0.3, -0.25) is 0 Å². The van der Waals surface area contributed by atoms with Crippen LogP contribution >= 0.6 is 11.3 Å². The molecule has 0 fully saturated rings. The normalized spacial score (nSPS) is 11.4. The number of benzene rings is 3. The van der Waals surface area contributed by atoms with E-state index in [9.17, 15) is 5.11 Å². The smallest absolute Gasteiger partial charge is 0.211 e. The predicted molar refractivity (Wildman–Crippen MR) is 114 cm³/mol. The highest BCUT2D eigenvalue weighted by Crippen LogP contribution is 2.40. The molecule has 0 radical (unpaired) electrons. The minimum atomic E-state index is 0.176. The molecule has 0 atom stereocenters. The van der Waals surface area contributed by atoms with Crippen LogP contribution < -0.4 is 0 Å². The van der Waals surface area contributed by atoms with E-state index in [1.807, 2.05) is 66.7 Å². The number of hydrogen-bond donors (Lipinski definition) is 1. The lowest BCUT2D eigenvalue weighted by molar-refractivity contribution is 0.474. The first kappa shape index (κ1) is 17.8. The lowest BCUT2D eigenvalue weighted by Gasteiger charge is -1.97. The van der Waals surface area contributed by atoms with E-state index in [2.05, 4.69) is 20.2 Å². The summed E-state index contributed by atoms with van der Waals surface area (Å²) in [6.07, 6.45) is 1.60. The van der Waals surface area contributed by atoms with Crippen molar-refractivity contribution in [1.82, 2.24) is 4.98 Å². The van der Waals surface area contributed by atoms with E-state index in [1.165, 1.54) is 11.3 Å². The van der Waals surface area contributed by atoms with Crippen molar-refractivity contribution in [3.8, 4) is 17.0 Å². The molecule has 0 aliphatic rings. The Morgan fingerprint density at radius 1 is 0.786 bits per heavy atom. The van der Waals surface area contributed by atoms with Crippen LogP contribution in [-0.4, -0.2) is 16.3 Å². The third kappa shape index (κ3) is 4.19. The molecule has 0 saturated carbocycles. The van der Waals surface area contributed by atoms with Crippen LogP contribution in [0.3, 0.4) is 0 Å². The van der Waals surface area contributed by atoms with Crippen molar-refractivity contribution >= 4 is 33.4 Å². The lowest BCUT2D eigenvalue weighted by atomic mass is 10.2. The summed E-state index contributed by atoms with van der Waals surface area (Å²) in [7, 11) is 0. The number of phenolic OH excluding ortho intramolecular Hbond substituents is 1. The average molecular weight is 384 g/mol. The Morgan fingerprint density at radius 3 is 2.21 bits per heavy atom. The van der Waals surface area contributed by atoms with E-state index < -0.39 is 0 Å². The molecular weight excluding hydrogens is 368 g/mol. The molecule has 136 valence electrons.